The van der Waals surface area contributed by atoms with Crippen LogP contribution < -0.4 is 4.74 Å². The van der Waals surface area contributed by atoms with Crippen molar-refractivity contribution in [1.82, 2.24) is 15.2 Å². The van der Waals surface area contributed by atoms with E-state index in [1.165, 1.54) is 12.1 Å². The number of aromatic amines is 1. The molecule has 21 heavy (non-hydrogen) atoms. The molecule has 3 rings (SSSR count). The van der Waals surface area contributed by atoms with Gasteiger partial charge < -0.3 is 4.74 Å². The zero-order chi connectivity index (χ0) is 14.7. The molecule has 0 aliphatic carbocycles. The Labute approximate surface area is 123 Å². The molecule has 0 bridgehead atoms. The van der Waals surface area contributed by atoms with Gasteiger partial charge in [-0.25, -0.2) is 4.98 Å². The highest BCUT2D eigenvalue weighted by atomic mass is 32.1. The Morgan fingerprint density at radius 2 is 2.24 bits per heavy atom. The van der Waals surface area contributed by atoms with Gasteiger partial charge in [0, 0.05) is 6.07 Å². The summed E-state index contributed by atoms with van der Waals surface area (Å²) >= 11 is 1.55. The Bertz CT molecular complexity index is 754. The van der Waals surface area contributed by atoms with Crippen LogP contribution in [-0.2, 0) is 6.61 Å². The van der Waals surface area contributed by atoms with E-state index in [9.17, 15) is 10.1 Å². The SMILES string of the molecule is O=[N+]([O-])c1cccc(OCc2nc(-c3cccs3)n[nH]2)c1. The average molecular weight is 302 g/mol. The van der Waals surface area contributed by atoms with Crippen molar-refractivity contribution < 1.29 is 9.66 Å². The molecule has 3 aromatic rings. The maximum absolute atomic E-state index is 10.7. The van der Waals surface area contributed by atoms with Gasteiger partial charge >= 0.3 is 0 Å². The minimum absolute atomic E-state index is 0.00987. The first-order chi connectivity index (χ1) is 10.2. The van der Waals surface area contributed by atoms with E-state index in [2.05, 4.69) is 15.2 Å². The largest absolute Gasteiger partial charge is 0.485 e. The molecule has 0 unspecified atom stereocenters. The monoisotopic (exact) mass is 302 g/mol. The fourth-order valence-corrected chi connectivity index (χ4v) is 2.37. The van der Waals surface area contributed by atoms with Gasteiger partial charge in [0.05, 0.1) is 15.9 Å². The minimum atomic E-state index is -0.462. The predicted molar refractivity (Wildman–Crippen MR) is 77.1 cm³/mol. The predicted octanol–water partition coefficient (Wildman–Crippen LogP) is 3.02. The molecule has 0 atom stereocenters. The number of benzene rings is 1. The Morgan fingerprint density at radius 3 is 3.00 bits per heavy atom. The van der Waals surface area contributed by atoms with Gasteiger partial charge in [-0.1, -0.05) is 12.1 Å². The number of ether oxygens (including phenoxy) is 1. The molecule has 1 N–H and O–H groups in total. The highest BCUT2D eigenvalue weighted by Crippen LogP contribution is 2.22. The van der Waals surface area contributed by atoms with Crippen LogP contribution in [0.1, 0.15) is 5.82 Å². The quantitative estimate of drug-likeness (QED) is 0.577. The average Bonchev–Trinajstić information content (AvgIpc) is 3.16. The molecule has 0 spiro atoms. The molecule has 0 aliphatic heterocycles. The summed E-state index contributed by atoms with van der Waals surface area (Å²) in [6, 6.07) is 9.87. The Balaban J connectivity index is 1.68. The summed E-state index contributed by atoms with van der Waals surface area (Å²) in [5.74, 6) is 1.59. The third-order valence-electron chi connectivity index (χ3n) is 2.68. The van der Waals surface area contributed by atoms with Crippen LogP contribution >= 0.6 is 11.3 Å². The van der Waals surface area contributed by atoms with E-state index < -0.39 is 4.92 Å². The summed E-state index contributed by atoms with van der Waals surface area (Å²) in [4.78, 5) is 15.5. The summed E-state index contributed by atoms with van der Waals surface area (Å²) in [6.45, 7) is 0.166. The van der Waals surface area contributed by atoms with Crippen molar-refractivity contribution in [2.24, 2.45) is 0 Å². The molecule has 106 valence electrons. The molecular weight excluding hydrogens is 292 g/mol. The Hall–Kier alpha value is -2.74. The van der Waals surface area contributed by atoms with E-state index >= 15 is 0 Å². The molecule has 1 aromatic carbocycles. The van der Waals surface area contributed by atoms with Gasteiger partial charge in [-0.3, -0.25) is 15.2 Å². The topological polar surface area (TPSA) is 93.9 Å². The van der Waals surface area contributed by atoms with Crippen molar-refractivity contribution >= 4 is 17.0 Å². The zero-order valence-electron chi connectivity index (χ0n) is 10.7. The van der Waals surface area contributed by atoms with Crippen LogP contribution in [0.25, 0.3) is 10.7 Å². The molecule has 2 heterocycles. The second-order valence-corrected chi connectivity index (χ2v) is 5.07. The maximum atomic E-state index is 10.7. The van der Waals surface area contributed by atoms with Crippen LogP contribution in [0.4, 0.5) is 5.69 Å². The number of thiophene rings is 1. The lowest BCUT2D eigenvalue weighted by Crippen LogP contribution is -1.98. The van der Waals surface area contributed by atoms with Crippen LogP contribution in [0.15, 0.2) is 41.8 Å². The number of non-ortho nitro benzene ring substituents is 1. The number of hydrogen-bond acceptors (Lipinski definition) is 6. The second-order valence-electron chi connectivity index (χ2n) is 4.13. The molecule has 0 saturated heterocycles. The van der Waals surface area contributed by atoms with Crippen molar-refractivity contribution in [3.05, 3.63) is 57.7 Å². The standard InChI is InChI=1S/C13H10N4O3S/c18-17(19)9-3-1-4-10(7-9)20-8-12-14-13(16-15-12)11-5-2-6-21-11/h1-7H,8H2,(H,14,15,16). The third-order valence-corrected chi connectivity index (χ3v) is 3.54. The fourth-order valence-electron chi connectivity index (χ4n) is 1.71. The molecule has 7 nitrogen and oxygen atoms in total. The lowest BCUT2D eigenvalue weighted by molar-refractivity contribution is -0.384. The number of rotatable bonds is 5. The smallest absolute Gasteiger partial charge is 0.273 e. The van der Waals surface area contributed by atoms with Gasteiger partial charge in [0.1, 0.15) is 12.4 Å². The van der Waals surface area contributed by atoms with E-state index in [0.29, 0.717) is 17.4 Å². The van der Waals surface area contributed by atoms with Gasteiger partial charge in [-0.05, 0) is 17.5 Å². The summed E-state index contributed by atoms with van der Waals surface area (Å²) in [7, 11) is 0. The van der Waals surface area contributed by atoms with Gasteiger partial charge in [0.25, 0.3) is 5.69 Å². The van der Waals surface area contributed by atoms with Crippen LogP contribution in [0, 0.1) is 10.1 Å². The van der Waals surface area contributed by atoms with Gasteiger partial charge in [-0.2, -0.15) is 5.10 Å². The fraction of sp³-hybridized carbons (Fsp3) is 0.0769. The Morgan fingerprint density at radius 1 is 1.33 bits per heavy atom. The molecule has 2 aromatic heterocycles. The first-order valence-corrected chi connectivity index (χ1v) is 6.93. The summed E-state index contributed by atoms with van der Waals surface area (Å²) in [6.07, 6.45) is 0. The lowest BCUT2D eigenvalue weighted by atomic mass is 10.3. The zero-order valence-corrected chi connectivity index (χ0v) is 11.5. The summed E-state index contributed by atoms with van der Waals surface area (Å²) < 4.78 is 5.48. The van der Waals surface area contributed by atoms with E-state index in [0.717, 1.165) is 4.88 Å². The molecule has 8 heteroatoms. The van der Waals surface area contributed by atoms with E-state index in [-0.39, 0.29) is 12.3 Å². The van der Waals surface area contributed by atoms with E-state index in [1.807, 2.05) is 17.5 Å². The number of aromatic nitrogens is 3. The van der Waals surface area contributed by atoms with Crippen molar-refractivity contribution in [2.75, 3.05) is 0 Å². The van der Waals surface area contributed by atoms with Crippen molar-refractivity contribution in [1.29, 1.82) is 0 Å². The van der Waals surface area contributed by atoms with Gasteiger partial charge in [0.2, 0.25) is 0 Å². The van der Waals surface area contributed by atoms with Crippen LogP contribution in [-0.4, -0.2) is 20.1 Å². The number of hydrogen-bond donors (Lipinski definition) is 1. The normalized spacial score (nSPS) is 10.5. The molecular formula is C13H10N4O3S. The first kappa shape index (κ1) is 13.3. The Kier molecular flexibility index (Phi) is 3.61. The number of nitrogens with one attached hydrogen (secondary N) is 1. The third kappa shape index (κ3) is 3.06. The minimum Gasteiger partial charge on any atom is -0.485 e. The number of nitro benzene ring substituents is 1. The number of nitrogens with zero attached hydrogens (tertiary/aromatic N) is 3. The first-order valence-electron chi connectivity index (χ1n) is 6.05. The van der Waals surface area contributed by atoms with Crippen molar-refractivity contribution in [3.8, 4) is 16.5 Å². The molecule has 0 aliphatic rings. The van der Waals surface area contributed by atoms with Crippen LogP contribution in [0.5, 0.6) is 5.75 Å². The highest BCUT2D eigenvalue weighted by Gasteiger charge is 2.09. The van der Waals surface area contributed by atoms with Crippen LogP contribution in [0.3, 0.4) is 0 Å². The second kappa shape index (κ2) is 5.71. The van der Waals surface area contributed by atoms with Crippen molar-refractivity contribution in [3.63, 3.8) is 0 Å². The van der Waals surface area contributed by atoms with Gasteiger partial charge in [-0.15, -0.1) is 11.3 Å². The summed E-state index contributed by atoms with van der Waals surface area (Å²) in [5.41, 5.74) is -0.00987. The molecule has 0 fully saturated rings. The maximum Gasteiger partial charge on any atom is 0.273 e. The van der Waals surface area contributed by atoms with E-state index in [4.69, 9.17) is 4.74 Å². The van der Waals surface area contributed by atoms with Gasteiger partial charge in [0.15, 0.2) is 11.6 Å². The van der Waals surface area contributed by atoms with Crippen molar-refractivity contribution in [2.45, 2.75) is 6.61 Å². The number of nitro groups is 1. The highest BCUT2D eigenvalue weighted by molar-refractivity contribution is 7.13. The molecule has 0 radical (unpaired) electrons. The lowest BCUT2D eigenvalue weighted by Gasteiger charge is -2.02. The summed E-state index contributed by atoms with van der Waals surface area (Å²) in [5, 5.41) is 19.5. The van der Waals surface area contributed by atoms with E-state index in [1.54, 1.807) is 23.5 Å². The number of H-pyrrole nitrogens is 1. The van der Waals surface area contributed by atoms with Crippen LogP contribution in [0.2, 0.25) is 0 Å². The molecule has 0 saturated carbocycles. The molecule has 0 amide bonds.